The molecule has 1 amide bonds. The van der Waals surface area contributed by atoms with Gasteiger partial charge in [0.1, 0.15) is 10.4 Å². The number of amides is 1. The van der Waals surface area contributed by atoms with E-state index in [1.807, 2.05) is 60.8 Å². The molecule has 3 aromatic heterocycles. The number of hydrogen-bond donors (Lipinski definition) is 3. The van der Waals surface area contributed by atoms with Crippen molar-refractivity contribution >= 4 is 37.7 Å². The van der Waals surface area contributed by atoms with Gasteiger partial charge in [-0.3, -0.25) is 14.8 Å². The average Bonchev–Trinajstić information content (AvgIpc) is 3.42. The van der Waals surface area contributed by atoms with E-state index >= 15 is 0 Å². The minimum Gasteiger partial charge on any atom is -0.361 e. The zero-order valence-electron chi connectivity index (χ0n) is 23.6. The van der Waals surface area contributed by atoms with Crippen molar-refractivity contribution in [3.63, 3.8) is 0 Å². The molecule has 3 heterocycles. The first-order valence-corrected chi connectivity index (χ1v) is 16.0. The molecule has 5 aromatic rings. The van der Waals surface area contributed by atoms with Gasteiger partial charge in [0, 0.05) is 41.3 Å². The van der Waals surface area contributed by atoms with Gasteiger partial charge >= 0.3 is 0 Å². The molecule has 0 radical (unpaired) electrons. The SMILES string of the molecule is CC(Cc1c[nH]c2ccccc12)(NS(=O)(=O)c1cccc2cccnc12)C(=O)NC(c1ccccn1)C1CCCCC1. The summed E-state index contributed by atoms with van der Waals surface area (Å²) in [4.78, 5) is 26.7. The van der Waals surface area contributed by atoms with Crippen molar-refractivity contribution < 1.29 is 13.2 Å². The van der Waals surface area contributed by atoms with Gasteiger partial charge in [0.2, 0.25) is 15.9 Å². The third-order valence-electron chi connectivity index (χ3n) is 8.38. The number of carbonyl (C=O) groups is 1. The highest BCUT2D eigenvalue weighted by Crippen LogP contribution is 2.35. The minimum atomic E-state index is -4.17. The number of benzene rings is 2. The van der Waals surface area contributed by atoms with Crippen LogP contribution >= 0.6 is 0 Å². The summed E-state index contributed by atoms with van der Waals surface area (Å²) >= 11 is 0. The summed E-state index contributed by atoms with van der Waals surface area (Å²) in [5.74, 6) is -0.181. The van der Waals surface area contributed by atoms with Crippen LogP contribution in [0.3, 0.4) is 0 Å². The largest absolute Gasteiger partial charge is 0.361 e. The molecule has 9 heteroatoms. The van der Waals surface area contributed by atoms with E-state index in [-0.39, 0.29) is 23.3 Å². The smallest absolute Gasteiger partial charge is 0.243 e. The molecule has 0 bridgehead atoms. The predicted molar refractivity (Wildman–Crippen MR) is 164 cm³/mol. The van der Waals surface area contributed by atoms with Gasteiger partial charge in [0.15, 0.2) is 0 Å². The van der Waals surface area contributed by atoms with Crippen LogP contribution in [0, 0.1) is 5.92 Å². The number of carbonyl (C=O) groups excluding carboxylic acids is 1. The molecule has 216 valence electrons. The van der Waals surface area contributed by atoms with Crippen molar-refractivity contribution in [3.05, 3.63) is 103 Å². The van der Waals surface area contributed by atoms with Crippen LogP contribution in [0.4, 0.5) is 0 Å². The number of pyridine rings is 2. The van der Waals surface area contributed by atoms with Crippen molar-refractivity contribution in [1.82, 2.24) is 25.0 Å². The Kier molecular flexibility index (Phi) is 7.79. The van der Waals surface area contributed by atoms with Crippen LogP contribution in [0.2, 0.25) is 0 Å². The van der Waals surface area contributed by atoms with E-state index in [2.05, 4.69) is 25.0 Å². The van der Waals surface area contributed by atoms with E-state index in [0.717, 1.165) is 47.8 Å². The Labute approximate surface area is 246 Å². The van der Waals surface area contributed by atoms with Gasteiger partial charge in [-0.2, -0.15) is 4.72 Å². The summed E-state index contributed by atoms with van der Waals surface area (Å²) in [6.07, 6.45) is 10.6. The fourth-order valence-corrected chi connectivity index (χ4v) is 7.78. The van der Waals surface area contributed by atoms with Crippen molar-refractivity contribution in [2.45, 2.75) is 61.9 Å². The van der Waals surface area contributed by atoms with E-state index in [9.17, 15) is 13.2 Å². The van der Waals surface area contributed by atoms with Crippen LogP contribution in [-0.2, 0) is 21.2 Å². The Morgan fingerprint density at radius 3 is 2.52 bits per heavy atom. The van der Waals surface area contributed by atoms with Crippen molar-refractivity contribution in [3.8, 4) is 0 Å². The third-order valence-corrected chi connectivity index (χ3v) is 10.0. The minimum absolute atomic E-state index is 0.0344. The Balaban J connectivity index is 1.40. The predicted octanol–water partition coefficient (Wildman–Crippen LogP) is 5.83. The first-order chi connectivity index (χ1) is 20.3. The summed E-state index contributed by atoms with van der Waals surface area (Å²) in [7, 11) is -4.17. The highest BCUT2D eigenvalue weighted by molar-refractivity contribution is 7.89. The molecule has 1 saturated carbocycles. The topological polar surface area (TPSA) is 117 Å². The number of hydrogen-bond acceptors (Lipinski definition) is 5. The lowest BCUT2D eigenvalue weighted by Crippen LogP contribution is -2.59. The number of aromatic amines is 1. The van der Waals surface area contributed by atoms with Gasteiger partial charge in [-0.15, -0.1) is 0 Å². The third kappa shape index (κ3) is 5.67. The number of nitrogens with zero attached hydrogens (tertiary/aromatic N) is 2. The van der Waals surface area contributed by atoms with E-state index in [1.54, 1.807) is 31.5 Å². The van der Waals surface area contributed by atoms with Gasteiger partial charge in [-0.25, -0.2) is 8.42 Å². The van der Waals surface area contributed by atoms with E-state index < -0.39 is 21.5 Å². The second kappa shape index (κ2) is 11.7. The molecule has 2 unspecified atom stereocenters. The van der Waals surface area contributed by atoms with Crippen LogP contribution in [0.25, 0.3) is 21.8 Å². The number of H-pyrrole nitrogens is 1. The fraction of sp³-hybridized carbons (Fsp3) is 0.303. The number of nitrogens with one attached hydrogen (secondary N) is 3. The molecule has 6 rings (SSSR count). The van der Waals surface area contributed by atoms with Crippen molar-refractivity contribution in [2.24, 2.45) is 5.92 Å². The van der Waals surface area contributed by atoms with Crippen LogP contribution < -0.4 is 10.0 Å². The fourth-order valence-electron chi connectivity index (χ4n) is 6.23. The normalized spacial score (nSPS) is 16.7. The maximum atomic E-state index is 14.4. The quantitative estimate of drug-likeness (QED) is 0.203. The molecule has 3 N–H and O–H groups in total. The van der Waals surface area contributed by atoms with Crippen molar-refractivity contribution in [1.29, 1.82) is 0 Å². The molecule has 1 aliphatic rings. The number of rotatable bonds is 9. The van der Waals surface area contributed by atoms with Crippen molar-refractivity contribution in [2.75, 3.05) is 0 Å². The van der Waals surface area contributed by atoms with E-state index in [0.29, 0.717) is 10.9 Å². The van der Waals surface area contributed by atoms with E-state index in [4.69, 9.17) is 0 Å². The zero-order chi connectivity index (χ0) is 29.2. The van der Waals surface area contributed by atoms with Crippen LogP contribution in [0.15, 0.2) is 96.3 Å². The molecule has 1 aliphatic carbocycles. The zero-order valence-corrected chi connectivity index (χ0v) is 24.4. The lowest BCUT2D eigenvalue weighted by atomic mass is 9.82. The Hall–Kier alpha value is -4.08. The van der Waals surface area contributed by atoms with Gasteiger partial charge in [0.05, 0.1) is 17.3 Å². The molecule has 0 aliphatic heterocycles. The maximum absolute atomic E-state index is 14.4. The Bertz CT molecular complexity index is 1810. The number of aromatic nitrogens is 3. The molecule has 1 fully saturated rings. The van der Waals surface area contributed by atoms with Gasteiger partial charge < -0.3 is 10.3 Å². The number of para-hydroxylation sites is 2. The second-order valence-electron chi connectivity index (χ2n) is 11.4. The van der Waals surface area contributed by atoms with Crippen LogP contribution in [-0.4, -0.2) is 34.8 Å². The summed E-state index contributed by atoms with van der Waals surface area (Å²) in [6, 6.07) is 21.8. The van der Waals surface area contributed by atoms with Crippen LogP contribution in [0.1, 0.15) is 56.3 Å². The molecular weight excluding hydrogens is 546 g/mol. The molecule has 42 heavy (non-hydrogen) atoms. The highest BCUT2D eigenvalue weighted by Gasteiger charge is 2.41. The molecule has 8 nitrogen and oxygen atoms in total. The monoisotopic (exact) mass is 581 g/mol. The summed E-state index contributed by atoms with van der Waals surface area (Å²) in [6.45, 7) is 1.66. The lowest BCUT2D eigenvalue weighted by Gasteiger charge is -2.35. The molecular formula is C33H35N5O3S. The number of fused-ring (bicyclic) bond motifs is 2. The number of sulfonamides is 1. The molecule has 2 aromatic carbocycles. The van der Waals surface area contributed by atoms with Gasteiger partial charge in [0.25, 0.3) is 0 Å². The maximum Gasteiger partial charge on any atom is 0.243 e. The highest BCUT2D eigenvalue weighted by atomic mass is 32.2. The summed E-state index contributed by atoms with van der Waals surface area (Å²) < 4.78 is 31.0. The Morgan fingerprint density at radius 2 is 1.71 bits per heavy atom. The molecule has 0 spiro atoms. The second-order valence-corrected chi connectivity index (χ2v) is 13.1. The van der Waals surface area contributed by atoms with E-state index in [1.165, 1.54) is 12.5 Å². The lowest BCUT2D eigenvalue weighted by molar-refractivity contribution is -0.127. The summed E-state index contributed by atoms with van der Waals surface area (Å²) in [5, 5.41) is 4.91. The van der Waals surface area contributed by atoms with Gasteiger partial charge in [-0.1, -0.05) is 61.7 Å². The average molecular weight is 582 g/mol. The standard InChI is InChI=1S/C33H35N5O3S/c1-33(21-25-22-36-27-16-6-5-15-26(25)27,38-42(40,41)29-18-9-13-24-14-10-20-35-31(24)29)32(39)37-30(23-11-3-2-4-12-23)28-17-7-8-19-34-28/h5-10,13-20,22-23,30,36,38H,2-4,11-12,21H2,1H3,(H,37,39). The van der Waals surface area contributed by atoms with Crippen LogP contribution in [0.5, 0.6) is 0 Å². The molecule has 2 atom stereocenters. The first-order valence-electron chi connectivity index (χ1n) is 14.5. The first kappa shape index (κ1) is 28.1. The van der Waals surface area contributed by atoms with Gasteiger partial charge in [-0.05, 0) is 61.6 Å². The molecule has 0 saturated heterocycles. The summed E-state index contributed by atoms with van der Waals surface area (Å²) in [5.41, 5.74) is 1.38. The Morgan fingerprint density at radius 1 is 0.952 bits per heavy atom.